The number of aryl methyl sites for hydroxylation is 2. The van der Waals surface area contributed by atoms with Gasteiger partial charge in [0.15, 0.2) is 5.13 Å². The van der Waals surface area contributed by atoms with Crippen LogP contribution in [0.15, 0.2) is 0 Å². The zero-order valence-electron chi connectivity index (χ0n) is 11.6. The molecule has 0 saturated heterocycles. The van der Waals surface area contributed by atoms with Crippen LogP contribution < -0.4 is 5.32 Å². The molecule has 0 fully saturated rings. The second-order valence-corrected chi connectivity index (χ2v) is 5.57. The van der Waals surface area contributed by atoms with Crippen molar-refractivity contribution >= 4 is 28.5 Å². The van der Waals surface area contributed by atoms with E-state index in [1.54, 1.807) is 6.92 Å². The molecule has 1 unspecified atom stereocenters. The van der Waals surface area contributed by atoms with Crippen LogP contribution in [0.1, 0.15) is 24.4 Å². The summed E-state index contributed by atoms with van der Waals surface area (Å²) in [6, 6.07) is -0.315. The lowest BCUT2D eigenvalue weighted by Crippen LogP contribution is -2.39. The van der Waals surface area contributed by atoms with Gasteiger partial charge in [-0.05, 0) is 20.8 Å². The highest BCUT2D eigenvalue weighted by atomic mass is 32.1. The summed E-state index contributed by atoms with van der Waals surface area (Å²) in [7, 11) is 0. The minimum Gasteiger partial charge on any atom is -0.481 e. The molecular formula is C12H19N3O3S. The minimum atomic E-state index is -0.910. The van der Waals surface area contributed by atoms with Crippen molar-refractivity contribution in [3.05, 3.63) is 10.6 Å². The first kappa shape index (κ1) is 15.4. The lowest BCUT2D eigenvalue weighted by Gasteiger charge is -2.22. The SMILES string of the molecule is CCN(CC(C)C(=O)O)C(=O)Nc1nc(C)c(C)s1. The minimum absolute atomic E-state index is 0.182. The smallest absolute Gasteiger partial charge is 0.323 e. The predicted molar refractivity (Wildman–Crippen MR) is 74.7 cm³/mol. The number of nitrogens with one attached hydrogen (secondary N) is 1. The number of rotatable bonds is 5. The number of urea groups is 1. The van der Waals surface area contributed by atoms with Crippen LogP contribution in [0.4, 0.5) is 9.93 Å². The fourth-order valence-corrected chi connectivity index (χ4v) is 2.27. The highest BCUT2D eigenvalue weighted by molar-refractivity contribution is 7.15. The van der Waals surface area contributed by atoms with Gasteiger partial charge in [0.1, 0.15) is 0 Å². The van der Waals surface area contributed by atoms with E-state index in [2.05, 4.69) is 10.3 Å². The van der Waals surface area contributed by atoms with Crippen molar-refractivity contribution in [1.29, 1.82) is 0 Å². The Morgan fingerprint density at radius 2 is 2.11 bits per heavy atom. The summed E-state index contributed by atoms with van der Waals surface area (Å²) < 4.78 is 0. The van der Waals surface area contributed by atoms with E-state index in [1.807, 2.05) is 20.8 Å². The van der Waals surface area contributed by atoms with E-state index >= 15 is 0 Å². The average molecular weight is 285 g/mol. The molecule has 0 aliphatic rings. The summed E-state index contributed by atoms with van der Waals surface area (Å²) in [5, 5.41) is 12.1. The molecule has 0 aromatic carbocycles. The molecule has 0 aliphatic heterocycles. The van der Waals surface area contributed by atoms with Crippen molar-refractivity contribution in [3.8, 4) is 0 Å². The molecule has 2 amide bonds. The highest BCUT2D eigenvalue weighted by Crippen LogP contribution is 2.21. The van der Waals surface area contributed by atoms with E-state index in [0.717, 1.165) is 10.6 Å². The first-order valence-electron chi connectivity index (χ1n) is 6.07. The number of hydrogen-bond donors (Lipinski definition) is 2. The van der Waals surface area contributed by atoms with Gasteiger partial charge in [0.2, 0.25) is 0 Å². The molecule has 1 aromatic rings. The Labute approximate surface area is 116 Å². The molecule has 0 spiro atoms. The summed E-state index contributed by atoms with van der Waals surface area (Å²) in [5.41, 5.74) is 0.891. The van der Waals surface area contributed by atoms with Crippen LogP contribution in [0.2, 0.25) is 0 Å². The van der Waals surface area contributed by atoms with Gasteiger partial charge in [0.05, 0.1) is 11.6 Å². The van der Waals surface area contributed by atoms with Crippen LogP contribution in [0.5, 0.6) is 0 Å². The van der Waals surface area contributed by atoms with Crippen LogP contribution in [0, 0.1) is 19.8 Å². The van der Waals surface area contributed by atoms with E-state index in [1.165, 1.54) is 16.2 Å². The summed E-state index contributed by atoms with van der Waals surface area (Å²) in [5.74, 6) is -1.50. The largest absolute Gasteiger partial charge is 0.481 e. The molecule has 1 rings (SSSR count). The Morgan fingerprint density at radius 3 is 2.53 bits per heavy atom. The number of nitrogens with zero attached hydrogens (tertiary/aromatic N) is 2. The van der Waals surface area contributed by atoms with Crippen molar-refractivity contribution in [2.45, 2.75) is 27.7 Å². The molecule has 6 nitrogen and oxygen atoms in total. The van der Waals surface area contributed by atoms with E-state index in [9.17, 15) is 9.59 Å². The second kappa shape index (κ2) is 6.51. The van der Waals surface area contributed by atoms with Crippen molar-refractivity contribution in [3.63, 3.8) is 0 Å². The van der Waals surface area contributed by atoms with Crippen LogP contribution >= 0.6 is 11.3 Å². The van der Waals surface area contributed by atoms with Crippen molar-refractivity contribution < 1.29 is 14.7 Å². The third-order valence-electron chi connectivity index (χ3n) is 2.83. The van der Waals surface area contributed by atoms with E-state index in [4.69, 9.17) is 5.11 Å². The molecule has 1 atom stereocenters. The van der Waals surface area contributed by atoms with Gasteiger partial charge in [-0.25, -0.2) is 9.78 Å². The molecule has 0 bridgehead atoms. The van der Waals surface area contributed by atoms with Gasteiger partial charge < -0.3 is 10.0 Å². The number of carbonyl (C=O) groups excluding carboxylic acids is 1. The molecule has 2 N–H and O–H groups in total. The molecule has 19 heavy (non-hydrogen) atoms. The summed E-state index contributed by atoms with van der Waals surface area (Å²) >= 11 is 1.41. The average Bonchev–Trinajstić information content (AvgIpc) is 2.64. The second-order valence-electron chi connectivity index (χ2n) is 4.37. The quantitative estimate of drug-likeness (QED) is 0.870. The zero-order valence-corrected chi connectivity index (χ0v) is 12.4. The monoisotopic (exact) mass is 285 g/mol. The summed E-state index contributed by atoms with van der Waals surface area (Å²) in [6.07, 6.45) is 0. The topological polar surface area (TPSA) is 82.5 Å². The summed E-state index contributed by atoms with van der Waals surface area (Å²) in [6.45, 7) is 7.84. The molecule has 0 aliphatic carbocycles. The standard InChI is InChI=1S/C12H19N3O3S/c1-5-15(6-7(2)10(16)17)12(18)14-11-13-8(3)9(4)19-11/h7H,5-6H2,1-4H3,(H,16,17)(H,13,14,18). The predicted octanol–water partition coefficient (Wildman–Crippen LogP) is 2.33. The maximum absolute atomic E-state index is 12.0. The van der Waals surface area contributed by atoms with Crippen molar-refractivity contribution in [1.82, 2.24) is 9.88 Å². The third-order valence-corrected chi connectivity index (χ3v) is 3.82. The Kier molecular flexibility index (Phi) is 5.29. The maximum Gasteiger partial charge on any atom is 0.323 e. The number of aliphatic carboxylic acids is 1. The molecular weight excluding hydrogens is 266 g/mol. The number of carboxylic acid groups (broad SMARTS) is 1. The molecule has 0 radical (unpaired) electrons. The number of thiazole rings is 1. The Balaban J connectivity index is 2.66. The fraction of sp³-hybridized carbons (Fsp3) is 0.583. The maximum atomic E-state index is 12.0. The zero-order chi connectivity index (χ0) is 14.6. The van der Waals surface area contributed by atoms with E-state index < -0.39 is 11.9 Å². The number of hydrogen-bond acceptors (Lipinski definition) is 4. The molecule has 0 saturated carbocycles. The first-order chi connectivity index (χ1) is 8.85. The van der Waals surface area contributed by atoms with Gasteiger partial charge in [-0.15, -0.1) is 11.3 Å². The molecule has 1 heterocycles. The number of amides is 2. The molecule has 1 aromatic heterocycles. The van der Waals surface area contributed by atoms with E-state index in [-0.39, 0.29) is 12.6 Å². The van der Waals surface area contributed by atoms with Crippen LogP contribution in [-0.2, 0) is 4.79 Å². The van der Waals surface area contributed by atoms with Crippen molar-refractivity contribution in [2.75, 3.05) is 18.4 Å². The van der Waals surface area contributed by atoms with Gasteiger partial charge in [0, 0.05) is 18.0 Å². The normalized spacial score (nSPS) is 12.0. The van der Waals surface area contributed by atoms with Crippen LogP contribution in [0.25, 0.3) is 0 Å². The van der Waals surface area contributed by atoms with Crippen molar-refractivity contribution in [2.24, 2.45) is 5.92 Å². The van der Waals surface area contributed by atoms with E-state index in [0.29, 0.717) is 11.7 Å². The Bertz CT molecular complexity index is 453. The lowest BCUT2D eigenvalue weighted by molar-refractivity contribution is -0.141. The van der Waals surface area contributed by atoms with Gasteiger partial charge in [-0.3, -0.25) is 10.1 Å². The fourth-order valence-electron chi connectivity index (χ4n) is 1.46. The molecule has 7 heteroatoms. The number of carbonyl (C=O) groups is 2. The van der Waals surface area contributed by atoms with Gasteiger partial charge in [-0.2, -0.15) is 0 Å². The molecule has 106 valence electrons. The number of aromatic nitrogens is 1. The third kappa shape index (κ3) is 4.20. The number of anilines is 1. The van der Waals surface area contributed by atoms with Gasteiger partial charge >= 0.3 is 12.0 Å². The Morgan fingerprint density at radius 1 is 1.47 bits per heavy atom. The first-order valence-corrected chi connectivity index (χ1v) is 6.89. The van der Waals surface area contributed by atoms with Gasteiger partial charge in [0.25, 0.3) is 0 Å². The lowest BCUT2D eigenvalue weighted by atomic mass is 10.2. The summed E-state index contributed by atoms with van der Waals surface area (Å²) in [4.78, 5) is 29.6. The number of carboxylic acids is 1. The van der Waals surface area contributed by atoms with Gasteiger partial charge in [-0.1, -0.05) is 6.92 Å². The Hall–Kier alpha value is -1.63. The highest BCUT2D eigenvalue weighted by Gasteiger charge is 2.20. The van der Waals surface area contributed by atoms with Crippen LogP contribution in [-0.4, -0.2) is 40.1 Å². The van der Waals surface area contributed by atoms with Crippen LogP contribution in [0.3, 0.4) is 0 Å².